The van der Waals surface area contributed by atoms with Crippen molar-refractivity contribution < 1.29 is 5.21 Å². The molecule has 0 fully saturated rings. The summed E-state index contributed by atoms with van der Waals surface area (Å²) in [5.74, 6) is 0. The highest BCUT2D eigenvalue weighted by molar-refractivity contribution is 5.81. The molecule has 142 valence electrons. The molecule has 0 rings (SSSR count). The van der Waals surface area contributed by atoms with Gasteiger partial charge in [0, 0.05) is 0 Å². The van der Waals surface area contributed by atoms with Crippen LogP contribution in [0.15, 0.2) is 51.8 Å². The van der Waals surface area contributed by atoms with Crippen LogP contribution in [0.5, 0.6) is 0 Å². The summed E-state index contributed by atoms with van der Waals surface area (Å²) in [6.07, 6.45) is 18.0. The van der Waals surface area contributed by atoms with E-state index in [2.05, 4.69) is 64.1 Å². The van der Waals surface area contributed by atoms with Gasteiger partial charge in [-0.05, 0) is 92.9 Å². The van der Waals surface area contributed by atoms with Gasteiger partial charge >= 0.3 is 0 Å². The second kappa shape index (κ2) is 14.7. The van der Waals surface area contributed by atoms with Crippen LogP contribution in [0.3, 0.4) is 0 Å². The van der Waals surface area contributed by atoms with Crippen LogP contribution in [0.1, 0.15) is 92.9 Å². The molecule has 0 saturated heterocycles. The number of oxime groups is 1. The summed E-state index contributed by atoms with van der Waals surface area (Å²) >= 11 is 0. The average Bonchev–Trinajstić information content (AvgIpc) is 2.54. The van der Waals surface area contributed by atoms with Gasteiger partial charge in [-0.2, -0.15) is 0 Å². The molecule has 2 heteroatoms. The first-order valence-electron chi connectivity index (χ1n) is 9.63. The molecule has 0 saturated carbocycles. The molecule has 0 aromatic heterocycles. The summed E-state index contributed by atoms with van der Waals surface area (Å²) in [4.78, 5) is 0. The first-order valence-corrected chi connectivity index (χ1v) is 9.63. The van der Waals surface area contributed by atoms with E-state index in [4.69, 9.17) is 5.21 Å². The molecule has 25 heavy (non-hydrogen) atoms. The van der Waals surface area contributed by atoms with Crippen molar-refractivity contribution in [1.29, 1.82) is 0 Å². The van der Waals surface area contributed by atoms with Crippen molar-refractivity contribution in [3.63, 3.8) is 0 Å². The molecule has 0 aromatic rings. The van der Waals surface area contributed by atoms with Gasteiger partial charge in [0.2, 0.25) is 0 Å². The fraction of sp³-hybridized carbons (Fsp3) is 0.609. The highest BCUT2D eigenvalue weighted by Gasteiger charge is 1.94. The van der Waals surface area contributed by atoms with Gasteiger partial charge in [0.25, 0.3) is 0 Å². The molecule has 0 aliphatic heterocycles. The molecule has 1 N–H and O–H groups in total. The predicted octanol–water partition coefficient (Wildman–Crippen LogP) is 7.76. The van der Waals surface area contributed by atoms with Crippen molar-refractivity contribution in [3.05, 3.63) is 46.6 Å². The van der Waals surface area contributed by atoms with E-state index in [0.29, 0.717) is 0 Å². The molecule has 0 atom stereocenters. The van der Waals surface area contributed by atoms with Gasteiger partial charge in [-0.15, -0.1) is 0 Å². The van der Waals surface area contributed by atoms with Crippen LogP contribution in [0.25, 0.3) is 0 Å². The maximum atomic E-state index is 8.62. The maximum absolute atomic E-state index is 8.62. The molecule has 0 aliphatic rings. The van der Waals surface area contributed by atoms with Gasteiger partial charge in [0.1, 0.15) is 0 Å². The molecule has 0 amide bonds. The highest BCUT2D eigenvalue weighted by atomic mass is 16.4. The Bertz CT molecular complexity index is 514. The molecule has 0 radical (unpaired) electrons. The van der Waals surface area contributed by atoms with Crippen molar-refractivity contribution in [2.75, 3.05) is 0 Å². The third-order valence-corrected chi connectivity index (χ3v) is 4.32. The van der Waals surface area contributed by atoms with Gasteiger partial charge in [-0.3, -0.25) is 0 Å². The molecule has 0 spiro atoms. The van der Waals surface area contributed by atoms with E-state index in [-0.39, 0.29) is 0 Å². The van der Waals surface area contributed by atoms with Gasteiger partial charge in [-0.25, -0.2) is 0 Å². The Balaban J connectivity index is 4.01. The van der Waals surface area contributed by atoms with E-state index in [0.717, 1.165) is 50.7 Å². The van der Waals surface area contributed by atoms with E-state index in [1.807, 2.05) is 6.92 Å². The largest absolute Gasteiger partial charge is 0.411 e. The van der Waals surface area contributed by atoms with Crippen molar-refractivity contribution in [2.45, 2.75) is 92.9 Å². The van der Waals surface area contributed by atoms with Gasteiger partial charge < -0.3 is 5.21 Å². The number of nitrogens with zero attached hydrogens (tertiary/aromatic N) is 1. The van der Waals surface area contributed by atoms with Crippen LogP contribution in [0.2, 0.25) is 0 Å². The van der Waals surface area contributed by atoms with Gasteiger partial charge in [0.05, 0.1) is 5.71 Å². The number of hydrogen-bond acceptors (Lipinski definition) is 2. The SMILES string of the molecule is CC(C)=CCC/C(C)=C/CC/C(C)=C/CC/C(C)=C/CC/C(C)=N\O. The Labute approximate surface area is 156 Å². The molecule has 0 unspecified atom stereocenters. The molecule has 0 bridgehead atoms. The quantitative estimate of drug-likeness (QED) is 0.167. The van der Waals surface area contributed by atoms with Crippen molar-refractivity contribution in [3.8, 4) is 0 Å². The van der Waals surface area contributed by atoms with E-state index in [1.165, 1.54) is 28.7 Å². The van der Waals surface area contributed by atoms with Crippen molar-refractivity contribution >= 4 is 5.71 Å². The lowest BCUT2D eigenvalue weighted by molar-refractivity contribution is 0.317. The summed E-state index contributed by atoms with van der Waals surface area (Å²) in [5, 5.41) is 11.8. The van der Waals surface area contributed by atoms with Crippen LogP contribution in [0.4, 0.5) is 0 Å². The van der Waals surface area contributed by atoms with Crippen LogP contribution in [-0.2, 0) is 0 Å². The van der Waals surface area contributed by atoms with Gasteiger partial charge in [-0.1, -0.05) is 51.8 Å². The summed E-state index contributed by atoms with van der Waals surface area (Å²) in [6.45, 7) is 12.9. The fourth-order valence-corrected chi connectivity index (χ4v) is 2.56. The van der Waals surface area contributed by atoms with Crippen molar-refractivity contribution in [1.82, 2.24) is 0 Å². The molecular formula is C23H39NO. The van der Waals surface area contributed by atoms with Crippen LogP contribution in [0, 0.1) is 0 Å². The fourth-order valence-electron chi connectivity index (χ4n) is 2.56. The lowest BCUT2D eigenvalue weighted by atomic mass is 10.0. The standard InChI is InChI=1S/C23H39NO/c1-19(2)11-7-12-20(3)13-8-14-21(4)15-9-16-22(5)17-10-18-23(6)24-25/h11,13,15,17,25H,7-10,12,14,16,18H2,1-6H3/b20-13+,21-15+,22-17+,24-23-. The van der Waals surface area contributed by atoms with Gasteiger partial charge in [0.15, 0.2) is 0 Å². The zero-order chi connectivity index (χ0) is 19.1. The van der Waals surface area contributed by atoms with Crippen LogP contribution in [-0.4, -0.2) is 10.9 Å². The Kier molecular flexibility index (Phi) is 13.8. The Morgan fingerprint density at radius 3 is 1.32 bits per heavy atom. The zero-order valence-corrected chi connectivity index (χ0v) is 17.4. The average molecular weight is 346 g/mol. The topological polar surface area (TPSA) is 32.6 Å². The summed E-state index contributed by atoms with van der Waals surface area (Å²) in [7, 11) is 0. The molecule has 0 heterocycles. The first kappa shape index (κ1) is 23.4. The van der Waals surface area contributed by atoms with Crippen molar-refractivity contribution in [2.24, 2.45) is 5.16 Å². The monoisotopic (exact) mass is 345 g/mol. The Hall–Kier alpha value is -1.57. The summed E-state index contributed by atoms with van der Waals surface area (Å²) in [5.41, 5.74) is 6.62. The lowest BCUT2D eigenvalue weighted by Gasteiger charge is -2.03. The summed E-state index contributed by atoms with van der Waals surface area (Å²) in [6, 6.07) is 0. The van der Waals surface area contributed by atoms with Crippen LogP contribution < -0.4 is 0 Å². The van der Waals surface area contributed by atoms with E-state index in [1.54, 1.807) is 0 Å². The molecule has 0 aromatic carbocycles. The normalized spacial score (nSPS) is 14.0. The minimum atomic E-state index is 0.795. The number of rotatable bonds is 12. The zero-order valence-electron chi connectivity index (χ0n) is 17.4. The lowest BCUT2D eigenvalue weighted by Crippen LogP contribution is -1.89. The minimum absolute atomic E-state index is 0.795. The minimum Gasteiger partial charge on any atom is -0.411 e. The summed E-state index contributed by atoms with van der Waals surface area (Å²) < 4.78 is 0. The van der Waals surface area contributed by atoms with Crippen LogP contribution >= 0.6 is 0 Å². The second-order valence-corrected chi connectivity index (χ2v) is 7.42. The Morgan fingerprint density at radius 1 is 0.600 bits per heavy atom. The number of hydrogen-bond donors (Lipinski definition) is 1. The second-order valence-electron chi connectivity index (χ2n) is 7.42. The smallest absolute Gasteiger partial charge is 0.0543 e. The van der Waals surface area contributed by atoms with E-state index >= 15 is 0 Å². The highest BCUT2D eigenvalue weighted by Crippen LogP contribution is 2.14. The third-order valence-electron chi connectivity index (χ3n) is 4.32. The number of allylic oxidation sites excluding steroid dienone is 8. The molecule has 0 aliphatic carbocycles. The van der Waals surface area contributed by atoms with E-state index < -0.39 is 0 Å². The molecule has 2 nitrogen and oxygen atoms in total. The van der Waals surface area contributed by atoms with E-state index in [9.17, 15) is 0 Å². The molecular weight excluding hydrogens is 306 g/mol. The maximum Gasteiger partial charge on any atom is 0.0543 e. The first-order chi connectivity index (χ1) is 11.8. The third kappa shape index (κ3) is 15.7. The Morgan fingerprint density at radius 2 is 0.960 bits per heavy atom. The predicted molar refractivity (Wildman–Crippen MR) is 113 cm³/mol.